The molecule has 0 saturated heterocycles. The van der Waals surface area contributed by atoms with E-state index in [0.29, 0.717) is 23.9 Å². The summed E-state index contributed by atoms with van der Waals surface area (Å²) in [5.74, 6) is 0.525. The summed E-state index contributed by atoms with van der Waals surface area (Å²) in [5.41, 5.74) is 0.410. The Labute approximate surface area is 106 Å². The highest BCUT2D eigenvalue weighted by atomic mass is 16.5. The zero-order chi connectivity index (χ0) is 13.4. The average molecular weight is 254 g/mol. The predicted molar refractivity (Wildman–Crippen MR) is 67.1 cm³/mol. The van der Waals surface area contributed by atoms with Crippen LogP contribution in [0, 0.1) is 0 Å². The van der Waals surface area contributed by atoms with E-state index in [0.717, 1.165) is 6.42 Å². The van der Waals surface area contributed by atoms with Gasteiger partial charge in [0.1, 0.15) is 18.0 Å². The number of methoxy groups -OCH3 is 2. The third-order valence-corrected chi connectivity index (χ3v) is 2.14. The summed E-state index contributed by atoms with van der Waals surface area (Å²) in [6.07, 6.45) is 2.41. The molecule has 0 saturated carbocycles. The fraction of sp³-hybridized carbons (Fsp3) is 0.500. The minimum atomic E-state index is -0.270. The van der Waals surface area contributed by atoms with Crippen molar-refractivity contribution in [2.24, 2.45) is 0 Å². The third kappa shape index (κ3) is 3.89. The fourth-order valence-corrected chi connectivity index (χ4v) is 1.35. The van der Waals surface area contributed by atoms with Crippen LogP contribution in [0.2, 0.25) is 0 Å². The second-order valence-electron chi connectivity index (χ2n) is 3.50. The van der Waals surface area contributed by atoms with Gasteiger partial charge in [0.2, 0.25) is 5.88 Å². The number of nitrogens with one attached hydrogen (secondary N) is 1. The molecule has 0 aliphatic rings. The smallest absolute Gasteiger partial charge is 0.250 e. The zero-order valence-electron chi connectivity index (χ0n) is 10.9. The summed E-state index contributed by atoms with van der Waals surface area (Å²) in [6, 6.07) is 1.64. The first-order chi connectivity index (χ1) is 8.72. The van der Waals surface area contributed by atoms with Crippen LogP contribution in [0.15, 0.2) is 12.3 Å². The molecule has 1 rings (SSSR count). The second kappa shape index (κ2) is 7.50. The van der Waals surface area contributed by atoms with Gasteiger partial charge in [0.15, 0.2) is 0 Å². The lowest BCUT2D eigenvalue weighted by atomic mass is 10.3. The molecule has 1 amide bonds. The number of aromatic nitrogens is 1. The minimum Gasteiger partial charge on any atom is -0.494 e. The molecule has 0 aromatic carbocycles. The topological polar surface area (TPSA) is 69.7 Å². The van der Waals surface area contributed by atoms with E-state index < -0.39 is 0 Å². The summed E-state index contributed by atoms with van der Waals surface area (Å²) in [6.45, 7) is 2.52. The van der Waals surface area contributed by atoms with Gasteiger partial charge in [-0.15, -0.1) is 0 Å². The maximum absolute atomic E-state index is 11.6. The number of carbonyl (C=O) groups is 1. The van der Waals surface area contributed by atoms with Crippen LogP contribution >= 0.6 is 0 Å². The highest BCUT2D eigenvalue weighted by molar-refractivity contribution is 5.94. The molecule has 0 fully saturated rings. The van der Waals surface area contributed by atoms with Gasteiger partial charge in [0, 0.05) is 18.9 Å². The number of hydrogen-bond donors (Lipinski definition) is 1. The number of carbonyl (C=O) groups excluding carboxylic acids is 1. The second-order valence-corrected chi connectivity index (χ2v) is 3.50. The summed E-state index contributed by atoms with van der Waals surface area (Å²) in [5, 5.41) is 2.66. The van der Waals surface area contributed by atoms with Gasteiger partial charge in [-0.25, -0.2) is 4.98 Å². The molecule has 6 heteroatoms. The Bertz CT molecular complexity index is 373. The molecule has 18 heavy (non-hydrogen) atoms. The lowest BCUT2D eigenvalue weighted by molar-refractivity contribution is -0.120. The quantitative estimate of drug-likeness (QED) is 0.746. The van der Waals surface area contributed by atoms with Gasteiger partial charge < -0.3 is 19.5 Å². The molecule has 100 valence electrons. The van der Waals surface area contributed by atoms with E-state index in [1.807, 2.05) is 6.92 Å². The highest BCUT2D eigenvalue weighted by Crippen LogP contribution is 2.31. The number of ether oxygens (including phenoxy) is 3. The van der Waals surface area contributed by atoms with Crippen LogP contribution in [0.1, 0.15) is 13.3 Å². The maximum atomic E-state index is 11.6. The summed E-state index contributed by atoms with van der Waals surface area (Å²) in [7, 11) is 2.99. The Hall–Kier alpha value is -1.82. The van der Waals surface area contributed by atoms with Crippen LogP contribution in [0.25, 0.3) is 0 Å². The van der Waals surface area contributed by atoms with Crippen LogP contribution in [-0.4, -0.2) is 38.3 Å². The number of anilines is 1. The lowest BCUT2D eigenvalue weighted by Crippen LogP contribution is -2.19. The van der Waals surface area contributed by atoms with Crippen molar-refractivity contribution in [1.29, 1.82) is 0 Å². The number of hydrogen-bond acceptors (Lipinski definition) is 5. The molecule has 0 atom stereocenters. The van der Waals surface area contributed by atoms with Crippen molar-refractivity contribution in [2.75, 3.05) is 32.8 Å². The summed E-state index contributed by atoms with van der Waals surface area (Å²) < 4.78 is 15.4. The van der Waals surface area contributed by atoms with Gasteiger partial charge in [0.25, 0.3) is 5.91 Å². The van der Waals surface area contributed by atoms with E-state index >= 15 is 0 Å². The van der Waals surface area contributed by atoms with Crippen molar-refractivity contribution >= 4 is 11.6 Å². The maximum Gasteiger partial charge on any atom is 0.250 e. The van der Waals surface area contributed by atoms with Gasteiger partial charge in [-0.2, -0.15) is 0 Å². The fourth-order valence-electron chi connectivity index (χ4n) is 1.35. The minimum absolute atomic E-state index is 0.00492. The monoisotopic (exact) mass is 254 g/mol. The normalized spacial score (nSPS) is 9.94. The van der Waals surface area contributed by atoms with Crippen molar-refractivity contribution in [3.05, 3.63) is 12.3 Å². The van der Waals surface area contributed by atoms with Crippen LogP contribution in [0.3, 0.4) is 0 Å². The third-order valence-electron chi connectivity index (χ3n) is 2.14. The van der Waals surface area contributed by atoms with Crippen LogP contribution in [0.4, 0.5) is 5.69 Å². The molecule has 1 heterocycles. The standard InChI is InChI=1S/C12H18N2O4/c1-4-7-18-8-10(15)14-11-9(16-2)5-6-13-12(11)17-3/h5-6H,4,7-8H2,1-3H3,(H,14,15). The first-order valence-electron chi connectivity index (χ1n) is 5.67. The number of amides is 1. The number of rotatable bonds is 7. The highest BCUT2D eigenvalue weighted by Gasteiger charge is 2.14. The molecule has 0 bridgehead atoms. The Balaban J connectivity index is 2.72. The number of pyridine rings is 1. The molecular weight excluding hydrogens is 236 g/mol. The first-order valence-corrected chi connectivity index (χ1v) is 5.67. The molecule has 0 aliphatic heterocycles. The van der Waals surface area contributed by atoms with Crippen molar-refractivity contribution in [2.45, 2.75) is 13.3 Å². The van der Waals surface area contributed by atoms with E-state index in [9.17, 15) is 4.79 Å². The lowest BCUT2D eigenvalue weighted by Gasteiger charge is -2.12. The first kappa shape index (κ1) is 14.2. The Morgan fingerprint density at radius 2 is 2.17 bits per heavy atom. The molecule has 0 unspecified atom stereocenters. The van der Waals surface area contributed by atoms with E-state index in [1.54, 1.807) is 12.3 Å². The van der Waals surface area contributed by atoms with Gasteiger partial charge in [-0.1, -0.05) is 6.92 Å². The largest absolute Gasteiger partial charge is 0.494 e. The van der Waals surface area contributed by atoms with Crippen molar-refractivity contribution in [3.8, 4) is 11.6 Å². The molecule has 0 aliphatic carbocycles. The molecule has 1 N–H and O–H groups in total. The molecule has 0 radical (unpaired) electrons. The summed E-state index contributed by atoms with van der Waals surface area (Å²) in [4.78, 5) is 15.6. The van der Waals surface area contributed by atoms with E-state index in [4.69, 9.17) is 14.2 Å². The summed E-state index contributed by atoms with van der Waals surface area (Å²) >= 11 is 0. The number of nitrogens with zero attached hydrogens (tertiary/aromatic N) is 1. The Morgan fingerprint density at radius 3 is 2.78 bits per heavy atom. The van der Waals surface area contributed by atoms with E-state index in [1.165, 1.54) is 14.2 Å². The van der Waals surface area contributed by atoms with Crippen molar-refractivity contribution in [3.63, 3.8) is 0 Å². The molecule has 1 aromatic heterocycles. The SMILES string of the molecule is CCCOCC(=O)Nc1c(OC)ccnc1OC. The van der Waals surface area contributed by atoms with Crippen LogP contribution in [0.5, 0.6) is 11.6 Å². The Kier molecular flexibility index (Phi) is 5.93. The van der Waals surface area contributed by atoms with Crippen molar-refractivity contribution in [1.82, 2.24) is 4.98 Å². The molecule has 0 spiro atoms. The molecule has 6 nitrogen and oxygen atoms in total. The van der Waals surface area contributed by atoms with E-state index in [-0.39, 0.29) is 12.5 Å². The van der Waals surface area contributed by atoms with E-state index in [2.05, 4.69) is 10.3 Å². The van der Waals surface area contributed by atoms with Gasteiger partial charge >= 0.3 is 0 Å². The molecular formula is C12H18N2O4. The van der Waals surface area contributed by atoms with Gasteiger partial charge in [0.05, 0.1) is 14.2 Å². The molecule has 1 aromatic rings. The zero-order valence-corrected chi connectivity index (χ0v) is 10.9. The Morgan fingerprint density at radius 1 is 1.39 bits per heavy atom. The van der Waals surface area contributed by atoms with Gasteiger partial charge in [-0.3, -0.25) is 4.79 Å². The van der Waals surface area contributed by atoms with Crippen LogP contribution < -0.4 is 14.8 Å². The van der Waals surface area contributed by atoms with Crippen LogP contribution in [-0.2, 0) is 9.53 Å². The average Bonchev–Trinajstić information content (AvgIpc) is 2.39. The van der Waals surface area contributed by atoms with Gasteiger partial charge in [-0.05, 0) is 6.42 Å². The predicted octanol–water partition coefficient (Wildman–Crippen LogP) is 1.46. The van der Waals surface area contributed by atoms with Crippen molar-refractivity contribution < 1.29 is 19.0 Å².